The Morgan fingerprint density at radius 2 is 1.92 bits per heavy atom. The third-order valence-corrected chi connectivity index (χ3v) is 2.50. The van der Waals surface area contributed by atoms with Crippen molar-refractivity contribution < 1.29 is 4.79 Å². The predicted molar refractivity (Wildman–Crippen MR) is 56.5 cm³/mol. The minimum absolute atomic E-state index is 0.0504. The lowest BCUT2D eigenvalue weighted by atomic mass is 10.0. The highest BCUT2D eigenvalue weighted by Crippen LogP contribution is 2.09. The van der Waals surface area contributed by atoms with Crippen molar-refractivity contribution in [1.82, 2.24) is 4.90 Å². The fraction of sp³-hybridized carbons (Fsp3) is 0.727. The average molecular weight is 183 g/mol. The van der Waals surface area contributed by atoms with E-state index < -0.39 is 0 Å². The zero-order valence-corrected chi connectivity index (χ0v) is 9.05. The molecule has 0 N–H and O–H groups in total. The Bertz CT molecular complexity index is 161. The molecule has 0 aliphatic heterocycles. The zero-order valence-electron chi connectivity index (χ0n) is 9.05. The maximum Gasteiger partial charge on any atom is 0.245 e. The molecule has 2 heteroatoms. The summed E-state index contributed by atoms with van der Waals surface area (Å²) in [5.74, 6) is 0.679. The highest BCUT2D eigenvalue weighted by molar-refractivity contribution is 5.86. The summed E-state index contributed by atoms with van der Waals surface area (Å²) in [6.45, 7) is 11.5. The van der Waals surface area contributed by atoms with Crippen LogP contribution in [0.5, 0.6) is 0 Å². The van der Waals surface area contributed by atoms with Crippen molar-refractivity contribution in [3.8, 4) is 0 Å². The van der Waals surface area contributed by atoms with E-state index in [4.69, 9.17) is 0 Å². The number of carbonyl (C=O) groups excluding carboxylic acids is 1. The molecule has 0 heterocycles. The molecule has 0 aromatic rings. The molecule has 0 rings (SSSR count). The van der Waals surface area contributed by atoms with Gasteiger partial charge in [-0.3, -0.25) is 4.79 Å². The van der Waals surface area contributed by atoms with Gasteiger partial charge < -0.3 is 4.90 Å². The Labute approximate surface area is 81.6 Å². The molecule has 0 atom stereocenters. The molecule has 0 spiro atoms. The van der Waals surface area contributed by atoms with Crippen LogP contribution in [0, 0.1) is 5.92 Å². The minimum atomic E-state index is 0.0504. The second kappa shape index (κ2) is 6.70. The first kappa shape index (κ1) is 12.2. The van der Waals surface area contributed by atoms with Crippen LogP contribution in [0.4, 0.5) is 0 Å². The van der Waals surface area contributed by atoms with Crippen molar-refractivity contribution in [2.45, 2.75) is 33.6 Å². The molecular weight excluding hydrogens is 162 g/mol. The van der Waals surface area contributed by atoms with E-state index in [1.54, 1.807) is 0 Å². The smallest absolute Gasteiger partial charge is 0.245 e. The first-order chi connectivity index (χ1) is 6.19. The van der Waals surface area contributed by atoms with E-state index in [9.17, 15) is 4.79 Å². The van der Waals surface area contributed by atoms with Crippen molar-refractivity contribution in [2.75, 3.05) is 13.1 Å². The van der Waals surface area contributed by atoms with Crippen LogP contribution >= 0.6 is 0 Å². The quantitative estimate of drug-likeness (QED) is 0.579. The van der Waals surface area contributed by atoms with Gasteiger partial charge in [-0.25, -0.2) is 0 Å². The van der Waals surface area contributed by atoms with Gasteiger partial charge in [-0.15, -0.1) is 0 Å². The maximum absolute atomic E-state index is 11.3. The average Bonchev–Trinajstić information content (AvgIpc) is 2.19. The first-order valence-corrected chi connectivity index (χ1v) is 5.10. The van der Waals surface area contributed by atoms with E-state index in [0.29, 0.717) is 5.92 Å². The summed E-state index contributed by atoms with van der Waals surface area (Å²) in [5, 5.41) is 0. The second-order valence-electron chi connectivity index (χ2n) is 3.26. The topological polar surface area (TPSA) is 20.3 Å². The monoisotopic (exact) mass is 183 g/mol. The third-order valence-electron chi connectivity index (χ3n) is 2.50. The molecule has 0 saturated carbocycles. The fourth-order valence-corrected chi connectivity index (χ4v) is 1.36. The first-order valence-electron chi connectivity index (χ1n) is 5.10. The Morgan fingerprint density at radius 1 is 1.38 bits per heavy atom. The molecule has 0 unspecified atom stereocenters. The summed E-state index contributed by atoms with van der Waals surface area (Å²) in [7, 11) is 0. The van der Waals surface area contributed by atoms with Crippen LogP contribution in [0.25, 0.3) is 0 Å². The van der Waals surface area contributed by atoms with Gasteiger partial charge in [0.2, 0.25) is 5.91 Å². The van der Waals surface area contributed by atoms with Crippen molar-refractivity contribution in [3.05, 3.63) is 12.7 Å². The van der Waals surface area contributed by atoms with Gasteiger partial charge in [-0.2, -0.15) is 0 Å². The highest BCUT2D eigenvalue weighted by Gasteiger charge is 2.12. The Morgan fingerprint density at radius 3 is 2.23 bits per heavy atom. The van der Waals surface area contributed by atoms with Gasteiger partial charge in [0.05, 0.1) is 0 Å². The molecule has 0 radical (unpaired) electrons. The fourth-order valence-electron chi connectivity index (χ4n) is 1.36. The van der Waals surface area contributed by atoms with Crippen LogP contribution in [0.3, 0.4) is 0 Å². The zero-order chi connectivity index (χ0) is 10.3. The number of carbonyl (C=O) groups is 1. The van der Waals surface area contributed by atoms with Crippen LogP contribution in [0.15, 0.2) is 12.7 Å². The molecule has 0 aliphatic carbocycles. The van der Waals surface area contributed by atoms with Gasteiger partial charge in [0.15, 0.2) is 0 Å². The van der Waals surface area contributed by atoms with E-state index in [2.05, 4.69) is 20.4 Å². The Kier molecular flexibility index (Phi) is 6.29. The molecule has 0 fully saturated rings. The standard InChI is InChI=1S/C11H21NO/c1-5-10(6-2)9-12(8-4)11(13)7-3/h7,10H,3,5-6,8-9H2,1-2,4H3. The molecule has 76 valence electrons. The molecular formula is C11H21NO. The van der Waals surface area contributed by atoms with Gasteiger partial charge in [-0.1, -0.05) is 33.3 Å². The molecule has 2 nitrogen and oxygen atoms in total. The lowest BCUT2D eigenvalue weighted by molar-refractivity contribution is -0.126. The number of rotatable bonds is 6. The molecule has 1 amide bonds. The number of hydrogen-bond acceptors (Lipinski definition) is 1. The summed E-state index contributed by atoms with van der Waals surface area (Å²) >= 11 is 0. The maximum atomic E-state index is 11.3. The van der Waals surface area contributed by atoms with Crippen LogP contribution < -0.4 is 0 Å². The predicted octanol–water partition coefficient (Wildman–Crippen LogP) is 2.46. The van der Waals surface area contributed by atoms with Gasteiger partial charge in [0, 0.05) is 13.1 Å². The Hall–Kier alpha value is -0.790. The van der Waals surface area contributed by atoms with Gasteiger partial charge in [-0.05, 0) is 18.9 Å². The van der Waals surface area contributed by atoms with Crippen molar-refractivity contribution in [1.29, 1.82) is 0 Å². The van der Waals surface area contributed by atoms with Crippen LogP contribution in [0.2, 0.25) is 0 Å². The van der Waals surface area contributed by atoms with E-state index in [0.717, 1.165) is 25.9 Å². The number of likely N-dealkylation sites (N-methyl/N-ethyl adjacent to an activating group) is 1. The lowest BCUT2D eigenvalue weighted by Crippen LogP contribution is -2.33. The van der Waals surface area contributed by atoms with Gasteiger partial charge >= 0.3 is 0 Å². The molecule has 0 saturated heterocycles. The number of nitrogens with zero attached hydrogens (tertiary/aromatic N) is 1. The van der Waals surface area contributed by atoms with E-state index in [1.165, 1.54) is 6.08 Å². The summed E-state index contributed by atoms with van der Waals surface area (Å²) in [6, 6.07) is 0. The molecule has 0 bridgehead atoms. The van der Waals surface area contributed by atoms with Crippen molar-refractivity contribution in [2.24, 2.45) is 5.92 Å². The van der Waals surface area contributed by atoms with Gasteiger partial charge in [0.1, 0.15) is 0 Å². The number of amides is 1. The summed E-state index contributed by atoms with van der Waals surface area (Å²) in [6.07, 6.45) is 3.67. The Balaban J connectivity index is 4.09. The van der Waals surface area contributed by atoms with Crippen molar-refractivity contribution in [3.63, 3.8) is 0 Å². The van der Waals surface area contributed by atoms with E-state index in [1.807, 2.05) is 11.8 Å². The van der Waals surface area contributed by atoms with Crippen LogP contribution in [-0.2, 0) is 4.79 Å². The highest BCUT2D eigenvalue weighted by atomic mass is 16.2. The summed E-state index contributed by atoms with van der Waals surface area (Å²) in [5.41, 5.74) is 0. The van der Waals surface area contributed by atoms with E-state index in [-0.39, 0.29) is 5.91 Å². The van der Waals surface area contributed by atoms with E-state index >= 15 is 0 Å². The van der Waals surface area contributed by atoms with Crippen molar-refractivity contribution >= 4 is 5.91 Å². The van der Waals surface area contributed by atoms with Gasteiger partial charge in [0.25, 0.3) is 0 Å². The SMILES string of the molecule is C=CC(=O)N(CC)CC(CC)CC. The summed E-state index contributed by atoms with van der Waals surface area (Å²) in [4.78, 5) is 13.2. The van der Waals surface area contributed by atoms with Crippen LogP contribution in [-0.4, -0.2) is 23.9 Å². The molecule has 0 aromatic carbocycles. The lowest BCUT2D eigenvalue weighted by Gasteiger charge is -2.24. The second-order valence-corrected chi connectivity index (χ2v) is 3.26. The minimum Gasteiger partial charge on any atom is -0.339 e. The molecule has 13 heavy (non-hydrogen) atoms. The third kappa shape index (κ3) is 4.11. The molecule has 0 aromatic heterocycles. The normalized spacial score (nSPS) is 10.2. The largest absolute Gasteiger partial charge is 0.339 e. The molecule has 0 aliphatic rings. The summed E-state index contributed by atoms with van der Waals surface area (Å²) < 4.78 is 0. The van der Waals surface area contributed by atoms with Crippen LogP contribution in [0.1, 0.15) is 33.6 Å². The number of hydrogen-bond donors (Lipinski definition) is 0.